The minimum atomic E-state index is 0.172. The number of nitrogens with zero attached hydrogens (tertiary/aromatic N) is 5. The van der Waals surface area contributed by atoms with Gasteiger partial charge in [0.25, 0.3) is 0 Å². The zero-order valence-corrected chi connectivity index (χ0v) is 13.6. The minimum absolute atomic E-state index is 0.172. The largest absolute Gasteiger partial charge is 0.396 e. The second-order valence-corrected chi connectivity index (χ2v) is 5.57. The molecular weight excluding hydrogens is 290 g/mol. The van der Waals surface area contributed by atoms with Crippen LogP contribution in [0.15, 0.2) is 0 Å². The van der Waals surface area contributed by atoms with Crippen LogP contribution in [0.5, 0.6) is 0 Å². The van der Waals surface area contributed by atoms with Crippen molar-refractivity contribution in [2.45, 2.75) is 45.6 Å². The Kier molecular flexibility index (Phi) is 5.99. The summed E-state index contributed by atoms with van der Waals surface area (Å²) in [5.41, 5.74) is 0. The summed E-state index contributed by atoms with van der Waals surface area (Å²) < 4.78 is 0. The summed E-state index contributed by atoms with van der Waals surface area (Å²) in [6.45, 7) is 6.71. The van der Waals surface area contributed by atoms with E-state index in [9.17, 15) is 0 Å². The highest BCUT2D eigenvalue weighted by molar-refractivity contribution is 6.28. The first-order valence-corrected chi connectivity index (χ1v) is 8.11. The van der Waals surface area contributed by atoms with E-state index in [1.165, 1.54) is 6.42 Å². The van der Waals surface area contributed by atoms with Gasteiger partial charge in [-0.1, -0.05) is 0 Å². The Morgan fingerprint density at radius 3 is 2.33 bits per heavy atom. The number of aliphatic hydroxyl groups is 1. The molecule has 1 saturated carbocycles. The zero-order valence-electron chi connectivity index (χ0n) is 12.8. The molecule has 1 aromatic rings. The molecule has 1 N–H and O–H groups in total. The van der Waals surface area contributed by atoms with Gasteiger partial charge in [0.15, 0.2) is 0 Å². The molecule has 0 aliphatic heterocycles. The lowest BCUT2D eigenvalue weighted by Gasteiger charge is -2.37. The fourth-order valence-corrected chi connectivity index (χ4v) is 2.64. The summed E-state index contributed by atoms with van der Waals surface area (Å²) in [6.07, 6.45) is 4.24. The predicted molar refractivity (Wildman–Crippen MR) is 85.1 cm³/mol. The van der Waals surface area contributed by atoms with Gasteiger partial charge in [0.05, 0.1) is 0 Å². The van der Waals surface area contributed by atoms with Crippen molar-refractivity contribution in [2.75, 3.05) is 36.0 Å². The smallest absolute Gasteiger partial charge is 0.231 e. The summed E-state index contributed by atoms with van der Waals surface area (Å²) in [7, 11) is 0. The van der Waals surface area contributed by atoms with Crippen LogP contribution < -0.4 is 9.80 Å². The molecule has 1 aliphatic rings. The van der Waals surface area contributed by atoms with Crippen LogP contribution in [0.1, 0.15) is 39.5 Å². The van der Waals surface area contributed by atoms with Crippen LogP contribution in [-0.4, -0.2) is 52.3 Å². The van der Waals surface area contributed by atoms with E-state index in [4.69, 9.17) is 16.7 Å². The van der Waals surface area contributed by atoms with Crippen molar-refractivity contribution in [3.8, 4) is 0 Å². The van der Waals surface area contributed by atoms with Crippen LogP contribution >= 0.6 is 11.6 Å². The lowest BCUT2D eigenvalue weighted by Crippen LogP contribution is -2.42. The third kappa shape index (κ3) is 3.95. The molecule has 1 heterocycles. The topological polar surface area (TPSA) is 65.4 Å². The second kappa shape index (κ2) is 7.75. The maximum atomic E-state index is 9.09. The van der Waals surface area contributed by atoms with Crippen molar-refractivity contribution in [3.63, 3.8) is 0 Å². The van der Waals surface area contributed by atoms with E-state index < -0.39 is 0 Å². The maximum absolute atomic E-state index is 9.09. The molecule has 0 bridgehead atoms. The van der Waals surface area contributed by atoms with Gasteiger partial charge >= 0.3 is 0 Å². The molecule has 0 radical (unpaired) electrons. The Bertz CT molecular complexity index is 451. The lowest BCUT2D eigenvalue weighted by molar-refractivity contribution is 0.282. The Labute approximate surface area is 131 Å². The van der Waals surface area contributed by atoms with Crippen molar-refractivity contribution >= 4 is 23.5 Å². The summed E-state index contributed by atoms with van der Waals surface area (Å²) in [5.74, 6) is 1.26. The number of hydrogen-bond acceptors (Lipinski definition) is 6. The maximum Gasteiger partial charge on any atom is 0.231 e. The predicted octanol–water partition coefficient (Wildman–Crippen LogP) is 2.11. The fourth-order valence-electron chi connectivity index (χ4n) is 2.49. The summed E-state index contributed by atoms with van der Waals surface area (Å²) in [4.78, 5) is 17.4. The molecule has 6 nitrogen and oxygen atoms in total. The molecule has 0 amide bonds. The normalized spacial score (nSPS) is 14.9. The van der Waals surface area contributed by atoms with Gasteiger partial charge in [-0.25, -0.2) is 0 Å². The number of rotatable bonds is 8. The average molecular weight is 314 g/mol. The van der Waals surface area contributed by atoms with E-state index >= 15 is 0 Å². The summed E-state index contributed by atoms with van der Waals surface area (Å²) in [6, 6.07) is 0.458. The van der Waals surface area contributed by atoms with Gasteiger partial charge in [0.2, 0.25) is 17.2 Å². The Balaban J connectivity index is 2.26. The highest BCUT2D eigenvalue weighted by atomic mass is 35.5. The molecule has 21 heavy (non-hydrogen) atoms. The zero-order chi connectivity index (χ0) is 15.2. The molecule has 0 spiro atoms. The van der Waals surface area contributed by atoms with Crippen molar-refractivity contribution in [1.29, 1.82) is 0 Å². The Morgan fingerprint density at radius 1 is 1.14 bits per heavy atom. The van der Waals surface area contributed by atoms with Crippen molar-refractivity contribution < 1.29 is 5.11 Å². The van der Waals surface area contributed by atoms with E-state index in [1.807, 2.05) is 0 Å². The van der Waals surface area contributed by atoms with Gasteiger partial charge in [0, 0.05) is 32.3 Å². The molecule has 0 saturated heterocycles. The number of anilines is 2. The minimum Gasteiger partial charge on any atom is -0.396 e. The van der Waals surface area contributed by atoms with Crippen LogP contribution in [0.3, 0.4) is 0 Å². The van der Waals surface area contributed by atoms with Gasteiger partial charge in [-0.3, -0.25) is 0 Å². The highest BCUT2D eigenvalue weighted by Gasteiger charge is 2.27. The monoisotopic (exact) mass is 313 g/mol. The first kappa shape index (κ1) is 16.2. The third-order valence-corrected chi connectivity index (χ3v) is 4.13. The van der Waals surface area contributed by atoms with Crippen LogP contribution in [0, 0.1) is 0 Å². The van der Waals surface area contributed by atoms with Crippen LogP contribution in [0.25, 0.3) is 0 Å². The highest BCUT2D eigenvalue weighted by Crippen LogP contribution is 2.29. The lowest BCUT2D eigenvalue weighted by atomic mass is 9.91. The third-order valence-electron chi connectivity index (χ3n) is 3.96. The van der Waals surface area contributed by atoms with E-state index in [-0.39, 0.29) is 11.9 Å². The SMILES string of the molecule is CCN(CC)c1nc(Cl)nc(N(CCCO)C2CCC2)n1. The summed E-state index contributed by atoms with van der Waals surface area (Å²) in [5, 5.41) is 9.33. The van der Waals surface area contributed by atoms with E-state index in [2.05, 4.69) is 38.6 Å². The molecule has 7 heteroatoms. The first-order valence-electron chi connectivity index (χ1n) is 7.73. The molecule has 0 unspecified atom stereocenters. The van der Waals surface area contributed by atoms with Crippen LogP contribution in [0.4, 0.5) is 11.9 Å². The van der Waals surface area contributed by atoms with Crippen LogP contribution in [0.2, 0.25) is 5.28 Å². The molecule has 0 aromatic carbocycles. The standard InChI is InChI=1S/C14H24ClN5O/c1-3-19(4-2)13-16-12(15)17-14(18-13)20(9-6-10-21)11-7-5-8-11/h11,21H,3-10H2,1-2H3. The van der Waals surface area contributed by atoms with Gasteiger partial charge in [0.1, 0.15) is 0 Å². The van der Waals surface area contributed by atoms with Gasteiger partial charge in [-0.2, -0.15) is 15.0 Å². The van der Waals surface area contributed by atoms with E-state index in [0.29, 0.717) is 24.4 Å². The molecule has 1 aliphatic carbocycles. The molecule has 1 fully saturated rings. The van der Waals surface area contributed by atoms with E-state index in [1.54, 1.807) is 0 Å². The van der Waals surface area contributed by atoms with Crippen LogP contribution in [-0.2, 0) is 0 Å². The van der Waals surface area contributed by atoms with Gasteiger partial charge < -0.3 is 14.9 Å². The molecule has 1 aromatic heterocycles. The molecular formula is C14H24ClN5O. The van der Waals surface area contributed by atoms with Crippen molar-refractivity contribution in [1.82, 2.24) is 15.0 Å². The number of hydrogen-bond donors (Lipinski definition) is 1. The second-order valence-electron chi connectivity index (χ2n) is 5.23. The first-order chi connectivity index (χ1) is 10.2. The molecule has 0 atom stereocenters. The Morgan fingerprint density at radius 2 is 1.81 bits per heavy atom. The fraction of sp³-hybridized carbons (Fsp3) is 0.786. The molecule has 118 valence electrons. The average Bonchev–Trinajstić information content (AvgIpc) is 2.42. The van der Waals surface area contributed by atoms with Gasteiger partial charge in [-0.05, 0) is 51.1 Å². The van der Waals surface area contributed by atoms with Gasteiger partial charge in [-0.15, -0.1) is 0 Å². The number of aliphatic hydroxyl groups excluding tert-OH is 1. The van der Waals surface area contributed by atoms with E-state index in [0.717, 1.165) is 32.5 Å². The van der Waals surface area contributed by atoms with Crippen molar-refractivity contribution in [2.24, 2.45) is 0 Å². The Hall–Kier alpha value is -1.14. The number of aromatic nitrogens is 3. The summed E-state index contributed by atoms with van der Waals surface area (Å²) >= 11 is 6.09. The quantitative estimate of drug-likeness (QED) is 0.793. The molecule has 2 rings (SSSR count). The van der Waals surface area contributed by atoms with Crippen molar-refractivity contribution in [3.05, 3.63) is 5.28 Å². The number of halogens is 1.